The van der Waals surface area contributed by atoms with Crippen molar-refractivity contribution in [2.45, 2.75) is 19.8 Å². The van der Waals surface area contributed by atoms with Gasteiger partial charge in [-0.25, -0.2) is 4.90 Å². The summed E-state index contributed by atoms with van der Waals surface area (Å²) >= 11 is 0. The molecule has 2 aromatic rings. The molecule has 2 amide bonds. The average molecular weight is 280 g/mol. The number of rotatable bonds is 3. The summed E-state index contributed by atoms with van der Waals surface area (Å²) in [7, 11) is 0. The highest BCUT2D eigenvalue weighted by molar-refractivity contribution is 6.36. The Bertz CT molecular complexity index is 737. The minimum absolute atomic E-state index is 0.300. The number of nitrogens with zero attached hydrogens (tertiary/aromatic N) is 1. The number of nitrogen functional groups attached to an aromatic ring is 1. The second-order valence-electron chi connectivity index (χ2n) is 5.09. The molecule has 4 heteroatoms. The molecule has 21 heavy (non-hydrogen) atoms. The van der Waals surface area contributed by atoms with E-state index in [4.69, 9.17) is 5.73 Å². The Balaban J connectivity index is 2.13. The van der Waals surface area contributed by atoms with Gasteiger partial charge in [-0.2, -0.15) is 0 Å². The molecule has 0 unspecified atom stereocenters. The first-order valence-corrected chi connectivity index (χ1v) is 7.00. The zero-order valence-electron chi connectivity index (χ0n) is 11.8. The smallest absolute Gasteiger partial charge is 0.268 e. The summed E-state index contributed by atoms with van der Waals surface area (Å²) in [5.74, 6) is -0.637. The van der Waals surface area contributed by atoms with E-state index in [1.165, 1.54) is 4.90 Å². The van der Waals surface area contributed by atoms with Gasteiger partial charge >= 0.3 is 0 Å². The van der Waals surface area contributed by atoms with E-state index in [9.17, 15) is 9.59 Å². The number of anilines is 2. The molecule has 1 aliphatic rings. The highest BCUT2D eigenvalue weighted by atomic mass is 16.2. The van der Waals surface area contributed by atoms with Crippen molar-refractivity contribution in [2.75, 3.05) is 10.6 Å². The molecule has 3 rings (SSSR count). The lowest BCUT2D eigenvalue weighted by Crippen LogP contribution is -2.30. The van der Waals surface area contributed by atoms with Crippen molar-refractivity contribution in [1.29, 1.82) is 0 Å². The maximum atomic E-state index is 12.6. The molecule has 0 spiro atoms. The van der Waals surface area contributed by atoms with Crippen molar-refractivity contribution in [3.8, 4) is 0 Å². The fourth-order valence-electron chi connectivity index (χ4n) is 2.74. The molecule has 106 valence electrons. The second-order valence-corrected chi connectivity index (χ2v) is 5.09. The van der Waals surface area contributed by atoms with Gasteiger partial charge in [0, 0.05) is 5.69 Å². The van der Waals surface area contributed by atoms with Crippen LogP contribution in [0.2, 0.25) is 0 Å². The number of hydrogen-bond acceptors (Lipinski definition) is 3. The van der Waals surface area contributed by atoms with Crippen LogP contribution in [0.1, 0.15) is 39.6 Å². The van der Waals surface area contributed by atoms with Gasteiger partial charge in [0.25, 0.3) is 11.8 Å². The van der Waals surface area contributed by atoms with Crippen molar-refractivity contribution in [3.05, 3.63) is 59.2 Å². The number of carbonyl (C=O) groups excluding carboxylic acids is 2. The van der Waals surface area contributed by atoms with Gasteiger partial charge < -0.3 is 5.73 Å². The Morgan fingerprint density at radius 1 is 1.00 bits per heavy atom. The topological polar surface area (TPSA) is 63.4 Å². The third kappa shape index (κ3) is 2.00. The third-order valence-corrected chi connectivity index (χ3v) is 3.70. The van der Waals surface area contributed by atoms with Crippen molar-refractivity contribution >= 4 is 23.2 Å². The Morgan fingerprint density at radius 2 is 1.76 bits per heavy atom. The summed E-state index contributed by atoms with van der Waals surface area (Å²) in [6.07, 6.45) is 1.77. The standard InChI is InChI=1S/C17H16N2O2/c1-2-6-11-7-3-4-10-14(11)19-16(20)12-8-5-9-13(18)15(12)17(19)21/h3-5,7-10H,2,6,18H2,1H3. The number of amides is 2. The van der Waals surface area contributed by atoms with Crippen molar-refractivity contribution in [3.63, 3.8) is 0 Å². The first kappa shape index (κ1) is 13.4. The van der Waals surface area contributed by atoms with E-state index in [1.54, 1.807) is 18.2 Å². The number of fused-ring (bicyclic) bond motifs is 1. The van der Waals surface area contributed by atoms with E-state index >= 15 is 0 Å². The largest absolute Gasteiger partial charge is 0.398 e. The van der Waals surface area contributed by atoms with E-state index in [-0.39, 0.29) is 11.8 Å². The second kappa shape index (κ2) is 5.05. The molecular weight excluding hydrogens is 264 g/mol. The summed E-state index contributed by atoms with van der Waals surface area (Å²) in [6.45, 7) is 2.07. The Hall–Kier alpha value is -2.62. The van der Waals surface area contributed by atoms with Crippen LogP contribution in [0.3, 0.4) is 0 Å². The van der Waals surface area contributed by atoms with Crippen LogP contribution in [-0.2, 0) is 6.42 Å². The van der Waals surface area contributed by atoms with Gasteiger partial charge in [-0.3, -0.25) is 9.59 Å². The monoisotopic (exact) mass is 280 g/mol. The summed E-state index contributed by atoms with van der Waals surface area (Å²) in [5.41, 5.74) is 8.56. The van der Waals surface area contributed by atoms with E-state index in [0.717, 1.165) is 18.4 Å². The SMILES string of the molecule is CCCc1ccccc1N1C(=O)c2cccc(N)c2C1=O. The lowest BCUT2D eigenvalue weighted by molar-refractivity contribution is 0.0926. The third-order valence-electron chi connectivity index (χ3n) is 3.70. The van der Waals surface area contributed by atoms with Gasteiger partial charge in [-0.1, -0.05) is 37.6 Å². The number of imide groups is 1. The fourth-order valence-corrected chi connectivity index (χ4v) is 2.74. The number of benzene rings is 2. The summed E-state index contributed by atoms with van der Waals surface area (Å²) < 4.78 is 0. The lowest BCUT2D eigenvalue weighted by atomic mass is 10.1. The number of hydrogen-bond donors (Lipinski definition) is 1. The van der Waals surface area contributed by atoms with Gasteiger partial charge in [0.15, 0.2) is 0 Å². The van der Waals surface area contributed by atoms with Gasteiger partial charge in [0.05, 0.1) is 16.8 Å². The minimum Gasteiger partial charge on any atom is -0.398 e. The van der Waals surface area contributed by atoms with Crippen LogP contribution in [0.15, 0.2) is 42.5 Å². The molecule has 0 aliphatic carbocycles. The average Bonchev–Trinajstić information content (AvgIpc) is 2.73. The molecule has 0 fully saturated rings. The summed E-state index contributed by atoms with van der Waals surface area (Å²) in [6, 6.07) is 12.5. The molecule has 0 bridgehead atoms. The highest BCUT2D eigenvalue weighted by Crippen LogP contribution is 2.33. The minimum atomic E-state index is -0.336. The number of aryl methyl sites for hydroxylation is 1. The normalized spacial score (nSPS) is 13.7. The van der Waals surface area contributed by atoms with E-state index in [0.29, 0.717) is 22.5 Å². The van der Waals surface area contributed by atoms with Crippen LogP contribution in [-0.4, -0.2) is 11.8 Å². The fraction of sp³-hybridized carbons (Fsp3) is 0.176. The molecule has 0 aromatic heterocycles. The molecule has 2 aromatic carbocycles. The molecule has 0 atom stereocenters. The van der Waals surface area contributed by atoms with Crippen molar-refractivity contribution < 1.29 is 9.59 Å². The molecule has 0 saturated carbocycles. The predicted molar refractivity (Wildman–Crippen MR) is 82.4 cm³/mol. The predicted octanol–water partition coefficient (Wildman–Crippen LogP) is 3.02. The zero-order chi connectivity index (χ0) is 15.0. The molecule has 0 saturated heterocycles. The van der Waals surface area contributed by atoms with Gasteiger partial charge in [-0.05, 0) is 30.2 Å². The molecule has 1 aliphatic heterocycles. The van der Waals surface area contributed by atoms with Crippen LogP contribution in [0, 0.1) is 0 Å². The van der Waals surface area contributed by atoms with Crippen molar-refractivity contribution in [1.82, 2.24) is 0 Å². The zero-order valence-corrected chi connectivity index (χ0v) is 11.8. The van der Waals surface area contributed by atoms with Gasteiger partial charge in [0.2, 0.25) is 0 Å². The summed E-state index contributed by atoms with van der Waals surface area (Å²) in [4.78, 5) is 26.4. The maximum Gasteiger partial charge on any atom is 0.268 e. The number of carbonyl (C=O) groups is 2. The lowest BCUT2D eigenvalue weighted by Gasteiger charge is -2.18. The van der Waals surface area contributed by atoms with Crippen LogP contribution in [0.5, 0.6) is 0 Å². The van der Waals surface area contributed by atoms with Crippen LogP contribution < -0.4 is 10.6 Å². The van der Waals surface area contributed by atoms with Crippen molar-refractivity contribution in [2.24, 2.45) is 0 Å². The van der Waals surface area contributed by atoms with Crippen LogP contribution >= 0.6 is 0 Å². The number of nitrogens with two attached hydrogens (primary N) is 1. The molecule has 4 nitrogen and oxygen atoms in total. The maximum absolute atomic E-state index is 12.6. The van der Waals surface area contributed by atoms with Gasteiger partial charge in [-0.15, -0.1) is 0 Å². The summed E-state index contributed by atoms with van der Waals surface area (Å²) in [5, 5.41) is 0. The first-order valence-electron chi connectivity index (χ1n) is 7.00. The molecular formula is C17H16N2O2. The quantitative estimate of drug-likeness (QED) is 0.694. The Labute approximate surface area is 123 Å². The molecule has 1 heterocycles. The number of para-hydroxylation sites is 1. The highest BCUT2D eigenvalue weighted by Gasteiger charge is 2.38. The Kier molecular flexibility index (Phi) is 3.22. The van der Waals surface area contributed by atoms with Crippen LogP contribution in [0.25, 0.3) is 0 Å². The van der Waals surface area contributed by atoms with E-state index in [2.05, 4.69) is 6.92 Å². The van der Waals surface area contributed by atoms with Crippen LogP contribution in [0.4, 0.5) is 11.4 Å². The first-order chi connectivity index (χ1) is 10.1. The molecule has 0 radical (unpaired) electrons. The Morgan fingerprint density at radius 3 is 2.48 bits per heavy atom. The molecule has 2 N–H and O–H groups in total. The van der Waals surface area contributed by atoms with E-state index in [1.807, 2.05) is 24.3 Å². The van der Waals surface area contributed by atoms with Gasteiger partial charge in [0.1, 0.15) is 0 Å². The van der Waals surface area contributed by atoms with E-state index < -0.39 is 0 Å².